The van der Waals surface area contributed by atoms with Crippen molar-refractivity contribution in [3.8, 4) is 16.9 Å². The Labute approximate surface area is 132 Å². The fourth-order valence-corrected chi connectivity index (χ4v) is 2.45. The molecule has 0 aliphatic heterocycles. The summed E-state index contributed by atoms with van der Waals surface area (Å²) in [5.41, 5.74) is 2.43. The Hall–Kier alpha value is -1.51. The number of hydrogen-bond acceptors (Lipinski definition) is 2. The molecule has 3 heteroatoms. The number of hydrogen-bond donors (Lipinski definition) is 0. The third-order valence-electron chi connectivity index (χ3n) is 3.49. The summed E-state index contributed by atoms with van der Waals surface area (Å²) in [5, 5.41) is 0. The van der Waals surface area contributed by atoms with Gasteiger partial charge in [0.25, 0.3) is 0 Å². The van der Waals surface area contributed by atoms with Crippen molar-refractivity contribution in [3.05, 3.63) is 54.6 Å². The van der Waals surface area contributed by atoms with Crippen LogP contribution in [0.2, 0.25) is 0 Å². The molecule has 0 heterocycles. The van der Waals surface area contributed by atoms with Crippen LogP contribution >= 0.6 is 11.6 Å². The standard InChI is InChI=1S/C18H22ClNO/c1-2-20(13-12-19)14-15-21-18-10-8-17(9-11-18)16-6-4-3-5-7-16/h3-11H,2,12-15H2,1H3. The van der Waals surface area contributed by atoms with Gasteiger partial charge in [0.15, 0.2) is 0 Å². The Bertz CT molecular complexity index is 513. The topological polar surface area (TPSA) is 12.5 Å². The van der Waals surface area contributed by atoms with E-state index in [4.69, 9.17) is 16.3 Å². The van der Waals surface area contributed by atoms with Gasteiger partial charge in [-0.05, 0) is 29.8 Å². The third kappa shape index (κ3) is 5.07. The van der Waals surface area contributed by atoms with Gasteiger partial charge < -0.3 is 4.74 Å². The fourth-order valence-electron chi connectivity index (χ4n) is 2.21. The summed E-state index contributed by atoms with van der Waals surface area (Å²) in [6.45, 7) is 5.65. The van der Waals surface area contributed by atoms with E-state index in [0.717, 1.165) is 25.4 Å². The summed E-state index contributed by atoms with van der Waals surface area (Å²) in [7, 11) is 0. The van der Waals surface area contributed by atoms with Crippen LogP contribution in [0, 0.1) is 0 Å². The van der Waals surface area contributed by atoms with Crippen molar-refractivity contribution in [1.82, 2.24) is 4.90 Å². The van der Waals surface area contributed by atoms with Crippen LogP contribution in [-0.4, -0.2) is 37.0 Å². The first-order valence-corrected chi connectivity index (χ1v) is 7.93. The van der Waals surface area contributed by atoms with Gasteiger partial charge in [-0.2, -0.15) is 0 Å². The minimum absolute atomic E-state index is 0.666. The molecule has 0 amide bonds. The number of nitrogens with zero attached hydrogens (tertiary/aromatic N) is 1. The van der Waals surface area contributed by atoms with Crippen molar-refractivity contribution in [2.45, 2.75) is 6.92 Å². The van der Waals surface area contributed by atoms with Crippen molar-refractivity contribution in [2.24, 2.45) is 0 Å². The van der Waals surface area contributed by atoms with Gasteiger partial charge in [0.05, 0.1) is 0 Å². The van der Waals surface area contributed by atoms with Gasteiger partial charge in [-0.3, -0.25) is 4.90 Å². The summed E-state index contributed by atoms with van der Waals surface area (Å²) >= 11 is 5.76. The van der Waals surface area contributed by atoms with Crippen LogP contribution in [0.1, 0.15) is 6.92 Å². The van der Waals surface area contributed by atoms with Crippen molar-refractivity contribution in [1.29, 1.82) is 0 Å². The minimum Gasteiger partial charge on any atom is -0.492 e. The van der Waals surface area contributed by atoms with Gasteiger partial charge in [-0.25, -0.2) is 0 Å². The number of alkyl halides is 1. The number of benzene rings is 2. The van der Waals surface area contributed by atoms with Crippen LogP contribution in [0.15, 0.2) is 54.6 Å². The van der Waals surface area contributed by atoms with E-state index < -0.39 is 0 Å². The molecule has 0 radical (unpaired) electrons. The highest BCUT2D eigenvalue weighted by Crippen LogP contribution is 2.21. The first-order chi connectivity index (χ1) is 10.3. The van der Waals surface area contributed by atoms with Gasteiger partial charge >= 0.3 is 0 Å². The van der Waals surface area contributed by atoms with E-state index in [1.54, 1.807) is 0 Å². The summed E-state index contributed by atoms with van der Waals surface area (Å²) in [6.07, 6.45) is 0. The van der Waals surface area contributed by atoms with Gasteiger partial charge in [-0.1, -0.05) is 49.4 Å². The van der Waals surface area contributed by atoms with Crippen molar-refractivity contribution >= 4 is 11.6 Å². The molecule has 0 unspecified atom stereocenters. The molecular formula is C18H22ClNO. The lowest BCUT2D eigenvalue weighted by Crippen LogP contribution is -2.30. The molecule has 0 aromatic heterocycles. The Morgan fingerprint density at radius 2 is 1.57 bits per heavy atom. The highest BCUT2D eigenvalue weighted by Gasteiger charge is 2.02. The zero-order valence-corrected chi connectivity index (χ0v) is 13.2. The first kappa shape index (κ1) is 15.9. The zero-order valence-electron chi connectivity index (χ0n) is 12.5. The number of rotatable bonds is 8. The molecule has 2 aromatic rings. The Balaban J connectivity index is 1.85. The molecule has 0 saturated heterocycles. The highest BCUT2D eigenvalue weighted by atomic mass is 35.5. The molecule has 0 N–H and O–H groups in total. The van der Waals surface area contributed by atoms with E-state index in [1.165, 1.54) is 11.1 Å². The van der Waals surface area contributed by atoms with Crippen LogP contribution in [0.5, 0.6) is 5.75 Å². The summed E-state index contributed by atoms with van der Waals surface area (Å²) in [4.78, 5) is 2.28. The minimum atomic E-state index is 0.666. The van der Waals surface area contributed by atoms with E-state index in [1.807, 2.05) is 18.2 Å². The molecule has 2 nitrogen and oxygen atoms in total. The smallest absolute Gasteiger partial charge is 0.119 e. The van der Waals surface area contributed by atoms with Crippen molar-refractivity contribution in [3.63, 3.8) is 0 Å². The van der Waals surface area contributed by atoms with E-state index >= 15 is 0 Å². The second-order valence-electron chi connectivity index (χ2n) is 4.86. The largest absolute Gasteiger partial charge is 0.492 e. The average molecular weight is 304 g/mol. The second kappa shape index (κ2) is 8.71. The number of halogens is 1. The van der Waals surface area contributed by atoms with E-state index in [-0.39, 0.29) is 0 Å². The van der Waals surface area contributed by atoms with Gasteiger partial charge in [-0.15, -0.1) is 11.6 Å². The lowest BCUT2D eigenvalue weighted by molar-refractivity contribution is 0.223. The van der Waals surface area contributed by atoms with Crippen molar-refractivity contribution < 1.29 is 4.74 Å². The molecule has 0 aliphatic carbocycles. The van der Waals surface area contributed by atoms with Crippen LogP contribution in [0.3, 0.4) is 0 Å². The molecule has 2 aromatic carbocycles. The predicted molar refractivity (Wildman–Crippen MR) is 90.2 cm³/mol. The maximum atomic E-state index is 5.79. The normalized spacial score (nSPS) is 10.8. The Morgan fingerprint density at radius 3 is 2.19 bits per heavy atom. The molecule has 0 saturated carbocycles. The molecule has 0 spiro atoms. The molecule has 0 aliphatic rings. The highest BCUT2D eigenvalue weighted by molar-refractivity contribution is 6.18. The SMILES string of the molecule is CCN(CCCl)CCOc1ccc(-c2ccccc2)cc1. The van der Waals surface area contributed by atoms with Crippen LogP contribution in [-0.2, 0) is 0 Å². The van der Waals surface area contributed by atoms with Gasteiger partial charge in [0.2, 0.25) is 0 Å². The van der Waals surface area contributed by atoms with E-state index in [9.17, 15) is 0 Å². The van der Waals surface area contributed by atoms with Crippen LogP contribution in [0.4, 0.5) is 0 Å². The number of likely N-dealkylation sites (N-methyl/N-ethyl adjacent to an activating group) is 1. The molecular weight excluding hydrogens is 282 g/mol. The molecule has 0 fully saturated rings. The molecule has 21 heavy (non-hydrogen) atoms. The first-order valence-electron chi connectivity index (χ1n) is 7.40. The predicted octanol–water partition coefficient (Wildman–Crippen LogP) is 4.29. The Morgan fingerprint density at radius 1 is 0.905 bits per heavy atom. The maximum absolute atomic E-state index is 5.79. The quantitative estimate of drug-likeness (QED) is 0.674. The lowest BCUT2D eigenvalue weighted by Gasteiger charge is -2.19. The Kier molecular flexibility index (Phi) is 6.58. The molecule has 0 atom stereocenters. The maximum Gasteiger partial charge on any atom is 0.119 e. The fraction of sp³-hybridized carbons (Fsp3) is 0.333. The van der Waals surface area contributed by atoms with E-state index in [0.29, 0.717) is 12.5 Å². The molecule has 2 rings (SSSR count). The van der Waals surface area contributed by atoms with Crippen LogP contribution in [0.25, 0.3) is 11.1 Å². The lowest BCUT2D eigenvalue weighted by atomic mass is 10.1. The average Bonchev–Trinajstić information content (AvgIpc) is 2.55. The third-order valence-corrected chi connectivity index (χ3v) is 3.65. The monoisotopic (exact) mass is 303 g/mol. The summed E-state index contributed by atoms with van der Waals surface area (Å²) in [6, 6.07) is 18.6. The van der Waals surface area contributed by atoms with Crippen LogP contribution < -0.4 is 4.74 Å². The van der Waals surface area contributed by atoms with Crippen molar-refractivity contribution in [2.75, 3.05) is 32.1 Å². The van der Waals surface area contributed by atoms with Gasteiger partial charge in [0.1, 0.15) is 12.4 Å². The number of ether oxygens (including phenoxy) is 1. The molecule has 112 valence electrons. The van der Waals surface area contributed by atoms with E-state index in [2.05, 4.69) is 48.2 Å². The second-order valence-corrected chi connectivity index (χ2v) is 5.24. The summed E-state index contributed by atoms with van der Waals surface area (Å²) in [5.74, 6) is 1.58. The molecule has 0 bridgehead atoms. The zero-order chi connectivity index (χ0) is 14.9. The summed E-state index contributed by atoms with van der Waals surface area (Å²) < 4.78 is 5.79. The van der Waals surface area contributed by atoms with Gasteiger partial charge in [0, 0.05) is 19.0 Å².